The van der Waals surface area contributed by atoms with E-state index in [0.29, 0.717) is 11.1 Å². The van der Waals surface area contributed by atoms with Crippen LogP contribution in [0.1, 0.15) is 11.1 Å². The Bertz CT molecular complexity index is 978. The fourth-order valence-corrected chi connectivity index (χ4v) is 2.76. The highest BCUT2D eigenvalue weighted by Gasteiger charge is 2.23. The standard InChI is InChI=1S/C22H17NO4/c24-21(25)19(15-7-3-1-4-8-15)20(22(26)27)16-11-13-18(14-12-16)23-17-9-5-2-6-10-17/h1-14,23H,(H,24,25)(H,26,27). The summed E-state index contributed by atoms with van der Waals surface area (Å²) in [7, 11) is 0. The molecule has 27 heavy (non-hydrogen) atoms. The summed E-state index contributed by atoms with van der Waals surface area (Å²) < 4.78 is 0. The minimum Gasteiger partial charge on any atom is -0.478 e. The molecule has 0 unspecified atom stereocenters. The van der Waals surface area contributed by atoms with Crippen molar-refractivity contribution in [3.63, 3.8) is 0 Å². The second kappa shape index (κ2) is 8.01. The summed E-state index contributed by atoms with van der Waals surface area (Å²) in [5.74, 6) is -2.58. The summed E-state index contributed by atoms with van der Waals surface area (Å²) in [6.45, 7) is 0. The van der Waals surface area contributed by atoms with Crippen molar-refractivity contribution in [2.24, 2.45) is 0 Å². The van der Waals surface area contributed by atoms with E-state index in [1.165, 1.54) is 0 Å². The minimum atomic E-state index is -1.29. The first kappa shape index (κ1) is 17.9. The van der Waals surface area contributed by atoms with E-state index in [-0.39, 0.29) is 11.1 Å². The molecule has 0 aromatic heterocycles. The first-order chi connectivity index (χ1) is 13.1. The fourth-order valence-electron chi connectivity index (χ4n) is 2.76. The molecule has 3 aromatic carbocycles. The number of anilines is 2. The number of nitrogens with one attached hydrogen (secondary N) is 1. The van der Waals surface area contributed by atoms with Crippen molar-refractivity contribution in [2.45, 2.75) is 0 Å². The number of hydrogen-bond donors (Lipinski definition) is 3. The van der Waals surface area contributed by atoms with Crippen LogP contribution in [0, 0.1) is 0 Å². The number of carbonyl (C=O) groups is 2. The van der Waals surface area contributed by atoms with E-state index < -0.39 is 11.9 Å². The second-order valence-electron chi connectivity index (χ2n) is 5.79. The summed E-state index contributed by atoms with van der Waals surface area (Å²) in [6.07, 6.45) is 0. The highest BCUT2D eigenvalue weighted by atomic mass is 16.4. The van der Waals surface area contributed by atoms with Crippen molar-refractivity contribution < 1.29 is 19.8 Å². The average molecular weight is 359 g/mol. The summed E-state index contributed by atoms with van der Waals surface area (Å²) in [4.78, 5) is 23.7. The lowest BCUT2D eigenvalue weighted by molar-refractivity contribution is -0.132. The zero-order valence-electron chi connectivity index (χ0n) is 14.3. The van der Waals surface area contributed by atoms with Crippen molar-refractivity contribution in [1.29, 1.82) is 0 Å². The molecule has 0 bridgehead atoms. The van der Waals surface area contributed by atoms with E-state index in [0.717, 1.165) is 11.4 Å². The Morgan fingerprint density at radius 3 is 1.44 bits per heavy atom. The molecule has 0 atom stereocenters. The van der Waals surface area contributed by atoms with Crippen LogP contribution in [-0.4, -0.2) is 22.2 Å². The van der Waals surface area contributed by atoms with Crippen molar-refractivity contribution in [3.8, 4) is 0 Å². The van der Waals surface area contributed by atoms with Gasteiger partial charge in [0.05, 0.1) is 11.1 Å². The lowest BCUT2D eigenvalue weighted by Gasteiger charge is -2.11. The van der Waals surface area contributed by atoms with Gasteiger partial charge in [0, 0.05) is 11.4 Å². The summed E-state index contributed by atoms with van der Waals surface area (Å²) in [6, 6.07) is 24.4. The molecule has 0 amide bonds. The summed E-state index contributed by atoms with van der Waals surface area (Å²) in [5.41, 5.74) is 1.84. The number of carboxylic acid groups (broad SMARTS) is 2. The number of aliphatic carboxylic acids is 2. The smallest absolute Gasteiger partial charge is 0.337 e. The molecule has 0 spiro atoms. The molecule has 3 rings (SSSR count). The van der Waals surface area contributed by atoms with Crippen LogP contribution in [-0.2, 0) is 9.59 Å². The average Bonchev–Trinajstić information content (AvgIpc) is 2.68. The van der Waals surface area contributed by atoms with Crippen molar-refractivity contribution in [3.05, 3.63) is 96.1 Å². The maximum Gasteiger partial charge on any atom is 0.337 e. The Hall–Kier alpha value is -3.86. The minimum absolute atomic E-state index is 0.244. The highest BCUT2D eigenvalue weighted by Crippen LogP contribution is 2.28. The molecule has 0 saturated carbocycles. The third kappa shape index (κ3) is 4.22. The van der Waals surface area contributed by atoms with Crippen molar-refractivity contribution in [2.75, 3.05) is 5.32 Å². The zero-order chi connectivity index (χ0) is 19.2. The molecule has 134 valence electrons. The molecule has 5 nitrogen and oxygen atoms in total. The molecule has 3 aromatic rings. The van der Waals surface area contributed by atoms with Gasteiger partial charge in [0.1, 0.15) is 0 Å². The molecule has 0 aliphatic heterocycles. The van der Waals surface area contributed by atoms with E-state index in [1.807, 2.05) is 30.3 Å². The van der Waals surface area contributed by atoms with Crippen LogP contribution in [0.3, 0.4) is 0 Å². The third-order valence-electron chi connectivity index (χ3n) is 3.98. The maximum absolute atomic E-state index is 11.9. The monoisotopic (exact) mass is 359 g/mol. The molecule has 0 heterocycles. The van der Waals surface area contributed by atoms with Gasteiger partial charge in [0.15, 0.2) is 0 Å². The van der Waals surface area contributed by atoms with E-state index in [4.69, 9.17) is 0 Å². The number of benzene rings is 3. The SMILES string of the molecule is O=C(O)C(=C(C(=O)O)c1ccc(Nc2ccccc2)cc1)c1ccccc1. The van der Waals surface area contributed by atoms with Crippen LogP contribution >= 0.6 is 0 Å². The number of para-hydroxylation sites is 1. The van der Waals surface area contributed by atoms with Crippen molar-refractivity contribution >= 4 is 34.5 Å². The van der Waals surface area contributed by atoms with Gasteiger partial charge in [0.25, 0.3) is 0 Å². The predicted octanol–water partition coefficient (Wildman–Crippen LogP) is 4.51. The van der Waals surface area contributed by atoms with Crippen LogP contribution in [0.15, 0.2) is 84.9 Å². The van der Waals surface area contributed by atoms with Gasteiger partial charge in [-0.3, -0.25) is 0 Å². The van der Waals surface area contributed by atoms with Crippen LogP contribution in [0.4, 0.5) is 11.4 Å². The van der Waals surface area contributed by atoms with Gasteiger partial charge in [-0.05, 0) is 35.4 Å². The van der Waals surface area contributed by atoms with Gasteiger partial charge in [-0.1, -0.05) is 60.7 Å². The van der Waals surface area contributed by atoms with Crippen LogP contribution in [0.25, 0.3) is 11.1 Å². The fraction of sp³-hybridized carbons (Fsp3) is 0. The first-order valence-electron chi connectivity index (χ1n) is 8.25. The Balaban J connectivity index is 2.02. The molecule has 5 heteroatoms. The zero-order valence-corrected chi connectivity index (χ0v) is 14.3. The molecule has 3 N–H and O–H groups in total. The van der Waals surface area contributed by atoms with Gasteiger partial charge >= 0.3 is 11.9 Å². The normalized spacial score (nSPS) is 11.4. The van der Waals surface area contributed by atoms with Crippen LogP contribution in [0.5, 0.6) is 0 Å². The summed E-state index contributed by atoms with van der Waals surface area (Å²) in [5, 5.41) is 22.5. The first-order valence-corrected chi connectivity index (χ1v) is 8.25. The Morgan fingerprint density at radius 1 is 0.556 bits per heavy atom. The van der Waals surface area contributed by atoms with Gasteiger partial charge in [0.2, 0.25) is 0 Å². The quantitative estimate of drug-likeness (QED) is 0.445. The molecular weight excluding hydrogens is 342 g/mol. The maximum atomic E-state index is 11.9. The highest BCUT2D eigenvalue weighted by molar-refractivity contribution is 6.36. The molecule has 0 aliphatic rings. The lowest BCUT2D eigenvalue weighted by Crippen LogP contribution is -2.10. The number of rotatable bonds is 6. The van der Waals surface area contributed by atoms with Crippen LogP contribution in [0.2, 0.25) is 0 Å². The molecule has 0 radical (unpaired) electrons. The van der Waals surface area contributed by atoms with Gasteiger partial charge < -0.3 is 15.5 Å². The molecule has 0 saturated heterocycles. The Kier molecular flexibility index (Phi) is 5.33. The van der Waals surface area contributed by atoms with E-state index in [9.17, 15) is 19.8 Å². The van der Waals surface area contributed by atoms with Gasteiger partial charge in [-0.15, -0.1) is 0 Å². The number of carboxylic acids is 2. The number of hydrogen-bond acceptors (Lipinski definition) is 3. The topological polar surface area (TPSA) is 86.6 Å². The van der Waals surface area contributed by atoms with Gasteiger partial charge in [-0.2, -0.15) is 0 Å². The molecule has 0 fully saturated rings. The van der Waals surface area contributed by atoms with E-state index in [1.54, 1.807) is 54.6 Å². The largest absolute Gasteiger partial charge is 0.478 e. The molecular formula is C22H17NO4. The van der Waals surface area contributed by atoms with Gasteiger partial charge in [-0.25, -0.2) is 9.59 Å². The Morgan fingerprint density at radius 2 is 0.963 bits per heavy atom. The second-order valence-corrected chi connectivity index (χ2v) is 5.79. The molecule has 0 aliphatic carbocycles. The predicted molar refractivity (Wildman–Crippen MR) is 105 cm³/mol. The van der Waals surface area contributed by atoms with Crippen molar-refractivity contribution in [1.82, 2.24) is 0 Å². The lowest BCUT2D eigenvalue weighted by atomic mass is 9.94. The Labute approximate surface area is 156 Å². The van der Waals surface area contributed by atoms with Crippen LogP contribution < -0.4 is 5.32 Å². The summed E-state index contributed by atoms with van der Waals surface area (Å²) >= 11 is 0. The van der Waals surface area contributed by atoms with E-state index >= 15 is 0 Å². The van der Waals surface area contributed by atoms with E-state index in [2.05, 4.69) is 5.32 Å². The third-order valence-corrected chi connectivity index (χ3v) is 3.98.